The van der Waals surface area contributed by atoms with Crippen LogP contribution < -0.4 is 4.74 Å². The van der Waals surface area contributed by atoms with Gasteiger partial charge in [0, 0.05) is 49.7 Å². The Bertz CT molecular complexity index is 1050. The number of piperazine rings is 1. The van der Waals surface area contributed by atoms with Gasteiger partial charge in [-0.2, -0.15) is 13.2 Å². The average molecular weight is 431 g/mol. The second kappa shape index (κ2) is 8.63. The molecule has 0 spiro atoms. The SMILES string of the molecule is CCOc1ccc2cc(C(=O)N3CCN(Cc4ccc(C(F)(F)F)cc4)CC3)[nH]c2c1. The van der Waals surface area contributed by atoms with Gasteiger partial charge >= 0.3 is 6.18 Å². The van der Waals surface area contributed by atoms with E-state index in [0.29, 0.717) is 45.0 Å². The van der Waals surface area contributed by atoms with Crippen LogP contribution in [0, 0.1) is 0 Å². The summed E-state index contributed by atoms with van der Waals surface area (Å²) in [7, 11) is 0. The van der Waals surface area contributed by atoms with E-state index in [9.17, 15) is 18.0 Å². The molecule has 0 unspecified atom stereocenters. The van der Waals surface area contributed by atoms with Gasteiger partial charge < -0.3 is 14.6 Å². The van der Waals surface area contributed by atoms with Gasteiger partial charge in [-0.05, 0) is 42.8 Å². The van der Waals surface area contributed by atoms with E-state index in [2.05, 4.69) is 9.88 Å². The summed E-state index contributed by atoms with van der Waals surface area (Å²) in [4.78, 5) is 20.0. The molecule has 2 heterocycles. The highest BCUT2D eigenvalue weighted by molar-refractivity contribution is 5.98. The van der Waals surface area contributed by atoms with Gasteiger partial charge in [-0.25, -0.2) is 0 Å². The predicted molar refractivity (Wildman–Crippen MR) is 112 cm³/mol. The smallest absolute Gasteiger partial charge is 0.416 e. The van der Waals surface area contributed by atoms with Crippen molar-refractivity contribution in [3.8, 4) is 5.75 Å². The summed E-state index contributed by atoms with van der Waals surface area (Å²) in [5.74, 6) is 0.705. The molecule has 0 radical (unpaired) electrons. The molecule has 1 N–H and O–H groups in total. The van der Waals surface area contributed by atoms with E-state index in [1.54, 1.807) is 4.90 Å². The Labute approximate surface area is 178 Å². The number of nitrogens with one attached hydrogen (secondary N) is 1. The van der Waals surface area contributed by atoms with E-state index < -0.39 is 11.7 Å². The number of hydrogen-bond acceptors (Lipinski definition) is 3. The van der Waals surface area contributed by atoms with Crippen LogP contribution in [0.2, 0.25) is 0 Å². The van der Waals surface area contributed by atoms with Gasteiger partial charge in [0.05, 0.1) is 12.2 Å². The lowest BCUT2D eigenvalue weighted by molar-refractivity contribution is -0.137. The standard InChI is InChI=1S/C23H24F3N3O2/c1-2-31-19-8-5-17-13-21(27-20(17)14-19)22(30)29-11-9-28(10-12-29)15-16-3-6-18(7-4-16)23(24,25)26/h3-8,13-14,27H,2,9-12,15H2,1H3. The largest absolute Gasteiger partial charge is 0.494 e. The zero-order valence-electron chi connectivity index (χ0n) is 17.2. The van der Waals surface area contributed by atoms with Crippen molar-refractivity contribution in [1.29, 1.82) is 0 Å². The maximum Gasteiger partial charge on any atom is 0.416 e. The number of hydrogen-bond donors (Lipinski definition) is 1. The van der Waals surface area contributed by atoms with E-state index in [-0.39, 0.29) is 5.91 Å². The van der Waals surface area contributed by atoms with Gasteiger partial charge in [0.25, 0.3) is 5.91 Å². The monoisotopic (exact) mass is 431 g/mol. The molecule has 5 nitrogen and oxygen atoms in total. The molecule has 164 valence electrons. The number of alkyl halides is 3. The summed E-state index contributed by atoms with van der Waals surface area (Å²) in [5, 5.41) is 0.952. The van der Waals surface area contributed by atoms with Crippen molar-refractivity contribution in [2.45, 2.75) is 19.6 Å². The molecule has 31 heavy (non-hydrogen) atoms. The predicted octanol–water partition coefficient (Wildman–Crippen LogP) is 4.54. The first-order chi connectivity index (χ1) is 14.8. The zero-order valence-corrected chi connectivity index (χ0v) is 17.2. The molecule has 0 aliphatic carbocycles. The third-order valence-electron chi connectivity index (χ3n) is 5.48. The number of carbonyl (C=O) groups excluding carboxylic acids is 1. The van der Waals surface area contributed by atoms with E-state index in [0.717, 1.165) is 34.3 Å². The Morgan fingerprint density at radius 2 is 1.74 bits per heavy atom. The molecule has 8 heteroatoms. The van der Waals surface area contributed by atoms with Crippen LogP contribution in [0.4, 0.5) is 13.2 Å². The number of benzene rings is 2. The number of H-pyrrole nitrogens is 1. The Morgan fingerprint density at radius 3 is 2.39 bits per heavy atom. The minimum Gasteiger partial charge on any atom is -0.494 e. The molecule has 0 saturated carbocycles. The van der Waals surface area contributed by atoms with E-state index in [1.165, 1.54) is 12.1 Å². The lowest BCUT2D eigenvalue weighted by atomic mass is 10.1. The van der Waals surface area contributed by atoms with Gasteiger partial charge in [-0.15, -0.1) is 0 Å². The molecule has 1 fully saturated rings. The number of ether oxygens (including phenoxy) is 1. The number of rotatable bonds is 5. The number of carbonyl (C=O) groups is 1. The molecule has 2 aromatic carbocycles. The first kappa shape index (κ1) is 21.2. The molecular formula is C23H24F3N3O2. The van der Waals surface area contributed by atoms with Crippen molar-refractivity contribution < 1.29 is 22.7 Å². The lowest BCUT2D eigenvalue weighted by Gasteiger charge is -2.34. The minimum absolute atomic E-state index is 0.0525. The highest BCUT2D eigenvalue weighted by atomic mass is 19.4. The van der Waals surface area contributed by atoms with Crippen molar-refractivity contribution in [3.05, 3.63) is 65.4 Å². The van der Waals surface area contributed by atoms with Crippen LogP contribution in [0.15, 0.2) is 48.5 Å². The summed E-state index contributed by atoms with van der Waals surface area (Å²) in [5.41, 5.74) is 1.59. The van der Waals surface area contributed by atoms with E-state index >= 15 is 0 Å². The van der Waals surface area contributed by atoms with Crippen LogP contribution in [-0.4, -0.2) is 53.5 Å². The van der Waals surface area contributed by atoms with Crippen LogP contribution in [0.5, 0.6) is 5.75 Å². The number of fused-ring (bicyclic) bond motifs is 1. The van der Waals surface area contributed by atoms with Gasteiger partial charge in [-0.1, -0.05) is 12.1 Å². The maximum absolute atomic E-state index is 12.9. The number of aromatic amines is 1. The first-order valence-electron chi connectivity index (χ1n) is 10.3. The summed E-state index contributed by atoms with van der Waals surface area (Å²) >= 11 is 0. The van der Waals surface area contributed by atoms with Crippen LogP contribution in [0.25, 0.3) is 10.9 Å². The third kappa shape index (κ3) is 4.85. The van der Waals surface area contributed by atoms with Gasteiger partial charge in [0.2, 0.25) is 0 Å². The lowest BCUT2D eigenvalue weighted by Crippen LogP contribution is -2.48. The topological polar surface area (TPSA) is 48.6 Å². The normalized spacial score (nSPS) is 15.4. The van der Waals surface area contributed by atoms with Crippen molar-refractivity contribution in [3.63, 3.8) is 0 Å². The fraction of sp³-hybridized carbons (Fsp3) is 0.348. The number of halogens is 3. The van der Waals surface area contributed by atoms with Crippen molar-refractivity contribution in [2.75, 3.05) is 32.8 Å². The first-order valence-corrected chi connectivity index (χ1v) is 10.3. The van der Waals surface area contributed by atoms with Crippen molar-refractivity contribution in [2.24, 2.45) is 0 Å². The Kier molecular flexibility index (Phi) is 5.91. The average Bonchev–Trinajstić information content (AvgIpc) is 3.17. The fourth-order valence-electron chi connectivity index (χ4n) is 3.81. The number of aromatic nitrogens is 1. The van der Waals surface area contributed by atoms with Crippen LogP contribution in [-0.2, 0) is 12.7 Å². The van der Waals surface area contributed by atoms with Crippen LogP contribution >= 0.6 is 0 Å². The molecule has 4 rings (SSSR count). The Morgan fingerprint density at radius 1 is 1.03 bits per heavy atom. The Hall–Kier alpha value is -3.00. The minimum atomic E-state index is -4.32. The molecule has 0 atom stereocenters. The van der Waals surface area contributed by atoms with Crippen molar-refractivity contribution in [1.82, 2.24) is 14.8 Å². The second-order valence-corrected chi connectivity index (χ2v) is 7.63. The molecular weight excluding hydrogens is 407 g/mol. The fourth-order valence-corrected chi connectivity index (χ4v) is 3.81. The second-order valence-electron chi connectivity index (χ2n) is 7.63. The summed E-state index contributed by atoms with van der Waals surface area (Å²) < 4.78 is 43.6. The van der Waals surface area contributed by atoms with Crippen LogP contribution in [0.1, 0.15) is 28.5 Å². The molecule has 3 aromatic rings. The molecule has 0 bridgehead atoms. The molecule has 1 aromatic heterocycles. The van der Waals surface area contributed by atoms with Crippen molar-refractivity contribution >= 4 is 16.8 Å². The Balaban J connectivity index is 1.35. The number of nitrogens with zero attached hydrogens (tertiary/aromatic N) is 2. The zero-order chi connectivity index (χ0) is 22.0. The summed E-state index contributed by atoms with van der Waals surface area (Å²) in [6.45, 7) is 5.54. The molecule has 1 aliphatic heterocycles. The highest BCUT2D eigenvalue weighted by Crippen LogP contribution is 2.29. The van der Waals surface area contributed by atoms with E-state index in [4.69, 9.17) is 4.74 Å². The summed E-state index contributed by atoms with van der Waals surface area (Å²) in [6, 6.07) is 12.8. The van der Waals surface area contributed by atoms with E-state index in [1.807, 2.05) is 31.2 Å². The van der Waals surface area contributed by atoms with Gasteiger partial charge in [-0.3, -0.25) is 9.69 Å². The third-order valence-corrected chi connectivity index (χ3v) is 5.48. The maximum atomic E-state index is 12.9. The highest BCUT2D eigenvalue weighted by Gasteiger charge is 2.30. The van der Waals surface area contributed by atoms with Gasteiger partial charge in [0.1, 0.15) is 11.4 Å². The molecule has 1 saturated heterocycles. The van der Waals surface area contributed by atoms with Crippen LogP contribution in [0.3, 0.4) is 0 Å². The quantitative estimate of drug-likeness (QED) is 0.645. The molecule has 1 amide bonds. The molecule has 1 aliphatic rings. The van der Waals surface area contributed by atoms with Gasteiger partial charge in [0.15, 0.2) is 0 Å². The number of amides is 1. The summed E-state index contributed by atoms with van der Waals surface area (Å²) in [6.07, 6.45) is -4.32.